The van der Waals surface area contributed by atoms with E-state index in [1.807, 2.05) is 24.0 Å². The maximum absolute atomic E-state index is 13.5. The van der Waals surface area contributed by atoms with Crippen LogP contribution in [0.3, 0.4) is 0 Å². The zero-order valence-corrected chi connectivity index (χ0v) is 14.9. The molecule has 4 rings (SSSR count). The highest BCUT2D eigenvalue weighted by atomic mass is 19.1. The second kappa shape index (κ2) is 6.33. The van der Waals surface area contributed by atoms with Crippen LogP contribution < -0.4 is 0 Å². The van der Waals surface area contributed by atoms with Crippen LogP contribution in [0.15, 0.2) is 42.9 Å². The first-order valence-corrected chi connectivity index (χ1v) is 8.48. The normalized spacial score (nSPS) is 11.6. The number of aromatic nitrogens is 6. The summed E-state index contributed by atoms with van der Waals surface area (Å²) in [5.41, 5.74) is 3.44. The second-order valence-electron chi connectivity index (χ2n) is 6.56. The lowest BCUT2D eigenvalue weighted by Crippen LogP contribution is -2.07. The van der Waals surface area contributed by atoms with Gasteiger partial charge in [-0.1, -0.05) is 19.9 Å². The molecule has 132 valence electrons. The first-order chi connectivity index (χ1) is 12.5. The first kappa shape index (κ1) is 16.4. The van der Waals surface area contributed by atoms with E-state index in [1.54, 1.807) is 18.3 Å². The molecule has 0 aromatic carbocycles. The van der Waals surface area contributed by atoms with Gasteiger partial charge >= 0.3 is 0 Å². The molecule has 0 N–H and O–H groups in total. The van der Waals surface area contributed by atoms with Gasteiger partial charge in [-0.05, 0) is 24.1 Å². The van der Waals surface area contributed by atoms with Gasteiger partial charge in [-0.25, -0.2) is 15.0 Å². The van der Waals surface area contributed by atoms with Crippen molar-refractivity contribution in [3.63, 3.8) is 0 Å². The van der Waals surface area contributed by atoms with Gasteiger partial charge in [0.15, 0.2) is 5.82 Å². The van der Waals surface area contributed by atoms with Gasteiger partial charge in [0.25, 0.3) is 0 Å². The molecule has 4 aromatic rings. The largest absolute Gasteiger partial charge is 0.330 e. The molecule has 7 heteroatoms. The third-order valence-electron chi connectivity index (χ3n) is 4.44. The zero-order valence-electron chi connectivity index (χ0n) is 14.9. The van der Waals surface area contributed by atoms with Gasteiger partial charge in [-0.3, -0.25) is 4.98 Å². The number of pyridine rings is 2. The minimum atomic E-state index is -0.521. The van der Waals surface area contributed by atoms with Gasteiger partial charge in [0.2, 0.25) is 5.95 Å². The zero-order chi connectivity index (χ0) is 18.3. The van der Waals surface area contributed by atoms with Crippen molar-refractivity contribution >= 4 is 11.0 Å². The third kappa shape index (κ3) is 2.85. The monoisotopic (exact) mass is 350 g/mol. The van der Waals surface area contributed by atoms with Crippen LogP contribution in [-0.4, -0.2) is 29.1 Å². The van der Waals surface area contributed by atoms with Crippen LogP contribution in [0.25, 0.3) is 22.6 Å². The maximum atomic E-state index is 13.5. The Kier molecular flexibility index (Phi) is 3.99. The van der Waals surface area contributed by atoms with Crippen LogP contribution in [-0.2, 0) is 13.6 Å². The molecule has 0 radical (unpaired) electrons. The predicted octanol–water partition coefficient (Wildman–Crippen LogP) is 3.54. The van der Waals surface area contributed by atoms with E-state index in [9.17, 15) is 4.39 Å². The Balaban J connectivity index is 1.73. The fraction of sp³-hybridized carbons (Fsp3) is 0.263. The molecular weight excluding hydrogens is 331 g/mol. The summed E-state index contributed by atoms with van der Waals surface area (Å²) in [6.45, 7) is 4.75. The molecule has 0 amide bonds. The Bertz CT molecular complexity index is 1080. The van der Waals surface area contributed by atoms with Gasteiger partial charge in [0.05, 0.1) is 18.3 Å². The van der Waals surface area contributed by atoms with E-state index < -0.39 is 5.95 Å². The lowest BCUT2D eigenvalue weighted by molar-refractivity contribution is 0.584. The molecule has 0 unspecified atom stereocenters. The van der Waals surface area contributed by atoms with Crippen LogP contribution in [0.4, 0.5) is 4.39 Å². The fourth-order valence-corrected chi connectivity index (χ4v) is 2.97. The van der Waals surface area contributed by atoms with E-state index in [2.05, 4.69) is 39.4 Å². The van der Waals surface area contributed by atoms with Gasteiger partial charge in [-0.15, -0.1) is 0 Å². The fourth-order valence-electron chi connectivity index (χ4n) is 2.97. The SMILES string of the molecule is CC(C)c1cc2c(cn1)nc(Cn1ccnc1-c1cccc(F)n1)n2C. The van der Waals surface area contributed by atoms with Crippen molar-refractivity contribution in [1.29, 1.82) is 0 Å². The van der Waals surface area contributed by atoms with Crippen LogP contribution in [0.1, 0.15) is 31.3 Å². The summed E-state index contributed by atoms with van der Waals surface area (Å²) in [6.07, 6.45) is 5.35. The highest BCUT2D eigenvalue weighted by Crippen LogP contribution is 2.21. The molecule has 0 aliphatic rings. The Labute approximate surface area is 150 Å². The number of hydrogen-bond donors (Lipinski definition) is 0. The summed E-state index contributed by atoms with van der Waals surface area (Å²) in [6, 6.07) is 6.78. The summed E-state index contributed by atoms with van der Waals surface area (Å²) in [4.78, 5) is 17.4. The van der Waals surface area contributed by atoms with Crippen molar-refractivity contribution in [3.05, 3.63) is 60.3 Å². The summed E-state index contributed by atoms with van der Waals surface area (Å²) in [5, 5.41) is 0. The molecule has 0 saturated heterocycles. The third-order valence-corrected chi connectivity index (χ3v) is 4.44. The van der Waals surface area contributed by atoms with Crippen LogP contribution >= 0.6 is 0 Å². The Morgan fingerprint density at radius 2 is 2.00 bits per heavy atom. The number of aryl methyl sites for hydroxylation is 1. The second-order valence-corrected chi connectivity index (χ2v) is 6.56. The molecule has 0 bridgehead atoms. The van der Waals surface area contributed by atoms with Gasteiger partial charge in [-0.2, -0.15) is 4.39 Å². The molecule has 6 nitrogen and oxygen atoms in total. The van der Waals surface area contributed by atoms with Crippen molar-refractivity contribution in [2.75, 3.05) is 0 Å². The summed E-state index contributed by atoms with van der Waals surface area (Å²) in [7, 11) is 1.99. The number of imidazole rings is 2. The average molecular weight is 350 g/mol. The Hall–Kier alpha value is -3.09. The molecule has 26 heavy (non-hydrogen) atoms. The first-order valence-electron chi connectivity index (χ1n) is 8.48. The molecule has 0 aliphatic carbocycles. The van der Waals surface area contributed by atoms with E-state index in [0.29, 0.717) is 24.0 Å². The van der Waals surface area contributed by atoms with E-state index >= 15 is 0 Å². The summed E-state index contributed by atoms with van der Waals surface area (Å²) in [5.74, 6) is 1.32. The van der Waals surface area contributed by atoms with E-state index in [-0.39, 0.29) is 0 Å². The van der Waals surface area contributed by atoms with Crippen LogP contribution in [0, 0.1) is 5.95 Å². The van der Waals surface area contributed by atoms with E-state index in [0.717, 1.165) is 22.6 Å². The van der Waals surface area contributed by atoms with E-state index in [4.69, 9.17) is 4.98 Å². The van der Waals surface area contributed by atoms with Crippen molar-refractivity contribution in [2.24, 2.45) is 7.05 Å². The van der Waals surface area contributed by atoms with E-state index in [1.165, 1.54) is 6.07 Å². The Morgan fingerprint density at radius 1 is 1.15 bits per heavy atom. The molecule has 4 aromatic heterocycles. The number of fused-ring (bicyclic) bond motifs is 1. The van der Waals surface area contributed by atoms with Crippen molar-refractivity contribution in [2.45, 2.75) is 26.3 Å². The van der Waals surface area contributed by atoms with Crippen molar-refractivity contribution < 1.29 is 4.39 Å². The molecule has 0 aliphatic heterocycles. The summed E-state index contributed by atoms with van der Waals surface area (Å²) < 4.78 is 17.4. The number of nitrogens with zero attached hydrogens (tertiary/aromatic N) is 6. The van der Waals surface area contributed by atoms with Gasteiger partial charge in [0.1, 0.15) is 17.0 Å². The van der Waals surface area contributed by atoms with Crippen LogP contribution in [0.2, 0.25) is 0 Å². The summed E-state index contributed by atoms with van der Waals surface area (Å²) >= 11 is 0. The predicted molar refractivity (Wildman–Crippen MR) is 97.1 cm³/mol. The minimum absolute atomic E-state index is 0.358. The smallest absolute Gasteiger partial charge is 0.213 e. The lowest BCUT2D eigenvalue weighted by atomic mass is 10.1. The Morgan fingerprint density at radius 3 is 2.77 bits per heavy atom. The molecule has 0 spiro atoms. The molecule has 4 heterocycles. The number of halogens is 1. The highest BCUT2D eigenvalue weighted by molar-refractivity contribution is 5.75. The standard InChI is InChI=1S/C19H19FN6/c1-12(2)14-9-16-15(10-22-14)24-18(25(16)3)11-26-8-7-21-19(26)13-5-4-6-17(20)23-13/h4-10,12H,11H2,1-3H3. The topological polar surface area (TPSA) is 61.4 Å². The molecule has 0 saturated carbocycles. The van der Waals surface area contributed by atoms with Crippen LogP contribution in [0.5, 0.6) is 0 Å². The number of rotatable bonds is 4. The average Bonchev–Trinajstić information content (AvgIpc) is 3.20. The molecule has 0 atom stereocenters. The molecule has 0 fully saturated rings. The highest BCUT2D eigenvalue weighted by Gasteiger charge is 2.14. The van der Waals surface area contributed by atoms with Crippen molar-refractivity contribution in [1.82, 2.24) is 29.1 Å². The quantitative estimate of drug-likeness (QED) is 0.528. The molecular formula is C19H19FN6. The maximum Gasteiger partial charge on any atom is 0.213 e. The van der Waals surface area contributed by atoms with Gasteiger partial charge in [0, 0.05) is 25.1 Å². The lowest BCUT2D eigenvalue weighted by Gasteiger charge is -2.08. The van der Waals surface area contributed by atoms with Crippen molar-refractivity contribution in [3.8, 4) is 11.5 Å². The minimum Gasteiger partial charge on any atom is -0.330 e. The number of hydrogen-bond acceptors (Lipinski definition) is 4. The van der Waals surface area contributed by atoms with Gasteiger partial charge < -0.3 is 9.13 Å².